The maximum Gasteiger partial charge on any atom is 0.332 e. The largest absolute Gasteiger partial charge is 0.332 e. The first-order valence-corrected chi connectivity index (χ1v) is 9.43. The van der Waals surface area contributed by atoms with E-state index in [0.717, 1.165) is 22.1 Å². The summed E-state index contributed by atoms with van der Waals surface area (Å²) >= 11 is 1.54. The Hall–Kier alpha value is -2.41. The zero-order valence-electron chi connectivity index (χ0n) is 15.6. The SMILES string of the molecule is CC[C@H](C)Sc1nc(-c2ccc(C)cc2)nc2c1c(=O)n(C)c(=O)n2C. The molecule has 0 N–H and O–H groups in total. The molecular weight excluding hydrogens is 348 g/mol. The summed E-state index contributed by atoms with van der Waals surface area (Å²) in [5, 5.41) is 1.31. The van der Waals surface area contributed by atoms with E-state index in [1.54, 1.807) is 18.8 Å². The third-order valence-corrected chi connectivity index (χ3v) is 5.72. The Bertz CT molecular complexity index is 1080. The van der Waals surface area contributed by atoms with Gasteiger partial charge in [0.15, 0.2) is 11.5 Å². The van der Waals surface area contributed by atoms with Crippen LogP contribution < -0.4 is 11.2 Å². The smallest absolute Gasteiger partial charge is 0.280 e. The van der Waals surface area contributed by atoms with Gasteiger partial charge in [-0.05, 0) is 13.3 Å². The highest BCUT2D eigenvalue weighted by molar-refractivity contribution is 8.00. The van der Waals surface area contributed by atoms with Gasteiger partial charge in [-0.2, -0.15) is 0 Å². The van der Waals surface area contributed by atoms with Crippen molar-refractivity contribution in [2.75, 3.05) is 0 Å². The number of hydrogen-bond donors (Lipinski definition) is 0. The van der Waals surface area contributed by atoms with E-state index in [4.69, 9.17) is 0 Å². The van der Waals surface area contributed by atoms with Gasteiger partial charge in [-0.3, -0.25) is 13.9 Å². The van der Waals surface area contributed by atoms with Crippen molar-refractivity contribution in [2.24, 2.45) is 14.1 Å². The fourth-order valence-corrected chi connectivity index (χ4v) is 3.60. The molecule has 0 amide bonds. The summed E-state index contributed by atoms with van der Waals surface area (Å²) in [5.41, 5.74) is 1.62. The highest BCUT2D eigenvalue weighted by Crippen LogP contribution is 2.29. The quantitative estimate of drug-likeness (QED) is 0.522. The van der Waals surface area contributed by atoms with Crippen LogP contribution in [0.5, 0.6) is 0 Å². The summed E-state index contributed by atoms with van der Waals surface area (Å²) < 4.78 is 2.52. The molecule has 136 valence electrons. The molecular formula is C19H22N4O2S. The standard InChI is InChI=1S/C19H22N4O2S/c1-6-12(3)26-17-14-16(22(4)19(25)23(5)18(14)24)20-15(21-17)13-9-7-11(2)8-10-13/h7-10,12H,6H2,1-5H3/t12-/m0/s1. The molecule has 3 rings (SSSR count). The Labute approximate surface area is 155 Å². The van der Waals surface area contributed by atoms with Gasteiger partial charge in [0.1, 0.15) is 10.4 Å². The molecule has 0 unspecified atom stereocenters. The highest BCUT2D eigenvalue weighted by atomic mass is 32.2. The Kier molecular flexibility index (Phi) is 5.00. The maximum atomic E-state index is 12.7. The van der Waals surface area contributed by atoms with Crippen LogP contribution in [0.4, 0.5) is 0 Å². The molecule has 0 saturated heterocycles. The highest BCUT2D eigenvalue weighted by Gasteiger charge is 2.19. The molecule has 0 radical (unpaired) electrons. The number of fused-ring (bicyclic) bond motifs is 1. The van der Waals surface area contributed by atoms with Crippen LogP contribution in [0.1, 0.15) is 25.8 Å². The van der Waals surface area contributed by atoms with Gasteiger partial charge in [0.05, 0.1) is 0 Å². The van der Waals surface area contributed by atoms with Gasteiger partial charge in [-0.15, -0.1) is 11.8 Å². The molecule has 0 aliphatic rings. The summed E-state index contributed by atoms with van der Waals surface area (Å²) in [6.07, 6.45) is 0.947. The van der Waals surface area contributed by atoms with Crippen molar-refractivity contribution < 1.29 is 0 Å². The zero-order chi connectivity index (χ0) is 19.0. The number of nitrogens with zero attached hydrogens (tertiary/aromatic N) is 4. The molecule has 1 atom stereocenters. The third-order valence-electron chi connectivity index (χ3n) is 4.46. The molecule has 0 saturated carbocycles. The first-order chi connectivity index (χ1) is 12.3. The van der Waals surface area contributed by atoms with Crippen LogP contribution in [-0.2, 0) is 14.1 Å². The lowest BCUT2D eigenvalue weighted by Gasteiger charge is -2.14. The molecule has 26 heavy (non-hydrogen) atoms. The van der Waals surface area contributed by atoms with E-state index >= 15 is 0 Å². The van der Waals surface area contributed by atoms with Crippen LogP contribution in [0, 0.1) is 6.92 Å². The summed E-state index contributed by atoms with van der Waals surface area (Å²) in [7, 11) is 3.11. The van der Waals surface area contributed by atoms with E-state index in [2.05, 4.69) is 23.8 Å². The van der Waals surface area contributed by atoms with Gasteiger partial charge >= 0.3 is 5.69 Å². The van der Waals surface area contributed by atoms with Crippen molar-refractivity contribution in [1.82, 2.24) is 19.1 Å². The van der Waals surface area contributed by atoms with E-state index in [0.29, 0.717) is 27.1 Å². The van der Waals surface area contributed by atoms with Crippen molar-refractivity contribution >= 4 is 22.8 Å². The number of hydrogen-bond acceptors (Lipinski definition) is 5. The average Bonchev–Trinajstić information content (AvgIpc) is 2.64. The third kappa shape index (κ3) is 3.19. The second-order valence-electron chi connectivity index (χ2n) is 6.46. The first-order valence-electron chi connectivity index (χ1n) is 8.55. The molecule has 6 nitrogen and oxygen atoms in total. The molecule has 0 fully saturated rings. The molecule has 7 heteroatoms. The Morgan fingerprint density at radius 1 is 1.08 bits per heavy atom. The Balaban J connectivity index is 2.37. The van der Waals surface area contributed by atoms with Crippen LogP contribution in [0.2, 0.25) is 0 Å². The predicted octanol–water partition coefficient (Wildman–Crippen LogP) is 2.89. The van der Waals surface area contributed by atoms with Crippen molar-refractivity contribution in [3.63, 3.8) is 0 Å². The van der Waals surface area contributed by atoms with E-state index in [9.17, 15) is 9.59 Å². The minimum atomic E-state index is -0.393. The van der Waals surface area contributed by atoms with Crippen LogP contribution in [0.25, 0.3) is 22.4 Å². The number of aryl methyl sites for hydroxylation is 2. The van der Waals surface area contributed by atoms with Gasteiger partial charge in [0.25, 0.3) is 5.56 Å². The monoisotopic (exact) mass is 370 g/mol. The summed E-state index contributed by atoms with van der Waals surface area (Å²) in [6.45, 7) is 6.20. The Morgan fingerprint density at radius 3 is 2.35 bits per heavy atom. The number of thioether (sulfide) groups is 1. The molecule has 2 aromatic heterocycles. The number of benzene rings is 1. The summed E-state index contributed by atoms with van der Waals surface area (Å²) in [4.78, 5) is 34.3. The molecule has 1 aromatic carbocycles. The fourth-order valence-electron chi connectivity index (χ4n) is 2.62. The second kappa shape index (κ2) is 7.07. The van der Waals surface area contributed by atoms with Gasteiger partial charge in [0, 0.05) is 24.9 Å². The van der Waals surface area contributed by atoms with Crippen LogP contribution in [0.3, 0.4) is 0 Å². The molecule has 3 aromatic rings. The lowest BCUT2D eigenvalue weighted by atomic mass is 10.1. The van der Waals surface area contributed by atoms with E-state index in [-0.39, 0.29) is 5.56 Å². The van der Waals surface area contributed by atoms with E-state index in [1.807, 2.05) is 31.2 Å². The lowest BCUT2D eigenvalue weighted by Crippen LogP contribution is -2.37. The molecule has 0 aliphatic heterocycles. The molecule has 2 heterocycles. The second-order valence-corrected chi connectivity index (χ2v) is 7.89. The molecule has 0 bridgehead atoms. The topological polar surface area (TPSA) is 69.8 Å². The number of rotatable bonds is 4. The van der Waals surface area contributed by atoms with Crippen molar-refractivity contribution in [3.05, 3.63) is 50.7 Å². The molecule has 0 spiro atoms. The minimum absolute atomic E-state index is 0.293. The number of aromatic nitrogens is 4. The van der Waals surface area contributed by atoms with Crippen molar-refractivity contribution in [1.29, 1.82) is 0 Å². The van der Waals surface area contributed by atoms with Crippen LogP contribution in [0.15, 0.2) is 38.9 Å². The Morgan fingerprint density at radius 2 is 1.73 bits per heavy atom. The minimum Gasteiger partial charge on any atom is -0.280 e. The lowest BCUT2D eigenvalue weighted by molar-refractivity contribution is 0.703. The van der Waals surface area contributed by atoms with Gasteiger partial charge in [0.2, 0.25) is 0 Å². The van der Waals surface area contributed by atoms with Crippen molar-refractivity contribution in [2.45, 2.75) is 37.5 Å². The average molecular weight is 370 g/mol. The summed E-state index contributed by atoms with van der Waals surface area (Å²) in [5.74, 6) is 0.520. The van der Waals surface area contributed by atoms with E-state index < -0.39 is 5.69 Å². The zero-order valence-corrected chi connectivity index (χ0v) is 16.4. The fraction of sp³-hybridized carbons (Fsp3) is 0.368. The van der Waals surface area contributed by atoms with Gasteiger partial charge in [-0.1, -0.05) is 43.7 Å². The van der Waals surface area contributed by atoms with Gasteiger partial charge in [-0.25, -0.2) is 14.8 Å². The van der Waals surface area contributed by atoms with E-state index in [1.165, 1.54) is 11.6 Å². The molecule has 0 aliphatic carbocycles. The predicted molar refractivity (Wildman–Crippen MR) is 106 cm³/mol. The normalized spacial score (nSPS) is 12.5. The van der Waals surface area contributed by atoms with Crippen LogP contribution in [-0.4, -0.2) is 24.4 Å². The first kappa shape index (κ1) is 18.4. The van der Waals surface area contributed by atoms with Gasteiger partial charge < -0.3 is 0 Å². The summed E-state index contributed by atoms with van der Waals surface area (Å²) in [6, 6.07) is 7.89. The van der Waals surface area contributed by atoms with Crippen molar-refractivity contribution in [3.8, 4) is 11.4 Å². The maximum absolute atomic E-state index is 12.7. The van der Waals surface area contributed by atoms with Crippen LogP contribution >= 0.6 is 11.8 Å².